The average Bonchev–Trinajstić information content (AvgIpc) is 2.82. The molecule has 2 aromatic carbocycles. The van der Waals surface area contributed by atoms with Gasteiger partial charge in [0.1, 0.15) is 5.69 Å². The van der Waals surface area contributed by atoms with Crippen LogP contribution in [0.2, 0.25) is 0 Å². The molecule has 1 aliphatic heterocycles. The maximum absolute atomic E-state index is 10.8. The van der Waals surface area contributed by atoms with Gasteiger partial charge in [0.05, 0.1) is 4.92 Å². The van der Waals surface area contributed by atoms with E-state index in [1.807, 2.05) is 12.1 Å². The van der Waals surface area contributed by atoms with Crippen molar-refractivity contribution in [2.24, 2.45) is 0 Å². The molecule has 0 atom stereocenters. The minimum absolute atomic E-state index is 0.0319. The summed E-state index contributed by atoms with van der Waals surface area (Å²) in [7, 11) is 0. The number of nitrogens with two attached hydrogens (primary N) is 1. The van der Waals surface area contributed by atoms with Gasteiger partial charge in [-0.2, -0.15) is 0 Å². The van der Waals surface area contributed by atoms with Crippen LogP contribution in [0.25, 0.3) is 0 Å². The first-order valence-electron chi connectivity index (χ1n) is 6.51. The van der Waals surface area contributed by atoms with Crippen molar-refractivity contribution in [2.45, 2.75) is 13.0 Å². The Kier molecular flexibility index (Phi) is 3.02. The van der Waals surface area contributed by atoms with Gasteiger partial charge in [-0.25, -0.2) is 0 Å². The molecule has 2 N–H and O–H groups in total. The predicted octanol–water partition coefficient (Wildman–Crippen LogP) is 2.74. The highest BCUT2D eigenvalue weighted by Crippen LogP contribution is 2.30. The van der Waals surface area contributed by atoms with Gasteiger partial charge in [0, 0.05) is 24.8 Å². The third-order valence-electron chi connectivity index (χ3n) is 3.65. The van der Waals surface area contributed by atoms with E-state index in [2.05, 4.69) is 17.0 Å². The Bertz CT molecular complexity index is 670. The summed E-state index contributed by atoms with van der Waals surface area (Å²) in [5, 5.41) is 10.8. The smallest absolute Gasteiger partial charge is 0.292 e. The molecule has 3 rings (SSSR count). The van der Waals surface area contributed by atoms with Gasteiger partial charge >= 0.3 is 0 Å². The number of rotatable bonds is 3. The summed E-state index contributed by atoms with van der Waals surface area (Å²) >= 11 is 0. The topological polar surface area (TPSA) is 72.4 Å². The zero-order chi connectivity index (χ0) is 14.1. The molecule has 0 aliphatic carbocycles. The van der Waals surface area contributed by atoms with Gasteiger partial charge in [0.25, 0.3) is 5.69 Å². The van der Waals surface area contributed by atoms with Crippen molar-refractivity contribution in [1.29, 1.82) is 0 Å². The quantitative estimate of drug-likeness (QED) is 0.528. The molecule has 1 heterocycles. The molecule has 0 radical (unpaired) electrons. The summed E-state index contributed by atoms with van der Waals surface area (Å²) in [6.07, 6.45) is 1.04. The van der Waals surface area contributed by atoms with Gasteiger partial charge in [0.2, 0.25) is 0 Å². The van der Waals surface area contributed by atoms with E-state index in [1.165, 1.54) is 17.3 Å². The van der Waals surface area contributed by atoms with Crippen LogP contribution >= 0.6 is 0 Å². The van der Waals surface area contributed by atoms with Crippen LogP contribution in [-0.4, -0.2) is 11.5 Å². The number of hydrogen-bond donors (Lipinski definition) is 1. The molecule has 0 fully saturated rings. The van der Waals surface area contributed by atoms with E-state index in [9.17, 15) is 10.1 Å². The van der Waals surface area contributed by atoms with E-state index < -0.39 is 4.92 Å². The Morgan fingerprint density at radius 2 is 2.05 bits per heavy atom. The number of nitrogen functional groups attached to an aromatic ring is 1. The average molecular weight is 269 g/mol. The Hall–Kier alpha value is -2.56. The van der Waals surface area contributed by atoms with E-state index in [4.69, 9.17) is 5.73 Å². The molecule has 1 aliphatic rings. The van der Waals surface area contributed by atoms with Gasteiger partial charge in [-0.05, 0) is 29.7 Å². The lowest BCUT2D eigenvalue weighted by molar-refractivity contribution is -0.383. The van der Waals surface area contributed by atoms with Gasteiger partial charge < -0.3 is 10.6 Å². The van der Waals surface area contributed by atoms with Crippen molar-refractivity contribution in [3.8, 4) is 0 Å². The van der Waals surface area contributed by atoms with Crippen LogP contribution < -0.4 is 10.6 Å². The number of fused-ring (bicyclic) bond motifs is 1. The summed E-state index contributed by atoms with van der Waals surface area (Å²) < 4.78 is 0. The first kappa shape index (κ1) is 12.5. The largest absolute Gasteiger partial charge is 0.393 e. The summed E-state index contributed by atoms with van der Waals surface area (Å²) in [4.78, 5) is 12.6. The van der Waals surface area contributed by atoms with Crippen LogP contribution in [0, 0.1) is 10.1 Å². The van der Waals surface area contributed by atoms with Crippen LogP contribution in [0.1, 0.15) is 11.1 Å². The minimum atomic E-state index is -0.454. The second-order valence-electron chi connectivity index (χ2n) is 4.95. The molecule has 5 nitrogen and oxygen atoms in total. The minimum Gasteiger partial charge on any atom is -0.393 e. The van der Waals surface area contributed by atoms with Crippen LogP contribution in [0.5, 0.6) is 0 Å². The summed E-state index contributed by atoms with van der Waals surface area (Å²) in [6, 6.07) is 13.3. The van der Waals surface area contributed by atoms with Crippen molar-refractivity contribution >= 4 is 17.1 Å². The second kappa shape index (κ2) is 4.85. The molecular weight excluding hydrogens is 254 g/mol. The molecular formula is C15H15N3O2. The summed E-state index contributed by atoms with van der Waals surface area (Å²) in [6.45, 7) is 1.69. The molecule has 0 spiro atoms. The monoisotopic (exact) mass is 269 g/mol. The summed E-state index contributed by atoms with van der Waals surface area (Å²) in [5.41, 5.74) is 9.50. The van der Waals surface area contributed by atoms with Crippen molar-refractivity contribution in [3.63, 3.8) is 0 Å². The molecule has 0 unspecified atom stereocenters. The fourth-order valence-corrected chi connectivity index (χ4v) is 2.66. The van der Waals surface area contributed by atoms with Crippen LogP contribution in [0.4, 0.5) is 17.1 Å². The molecule has 0 saturated heterocycles. The lowest BCUT2D eigenvalue weighted by Crippen LogP contribution is -2.19. The second-order valence-corrected chi connectivity index (χ2v) is 4.95. The SMILES string of the molecule is Nc1cc(CN2CCc3ccccc32)ccc1[N+](=O)[O-]. The Balaban J connectivity index is 1.83. The number of nitro benzene ring substituents is 1. The van der Waals surface area contributed by atoms with Crippen LogP contribution in [0.3, 0.4) is 0 Å². The molecule has 0 amide bonds. The molecule has 5 heteroatoms. The molecule has 0 bridgehead atoms. The maximum atomic E-state index is 10.8. The zero-order valence-corrected chi connectivity index (χ0v) is 11.0. The van der Waals surface area contributed by atoms with E-state index >= 15 is 0 Å². The fourth-order valence-electron chi connectivity index (χ4n) is 2.66. The highest BCUT2D eigenvalue weighted by Gasteiger charge is 2.19. The molecule has 0 saturated carbocycles. The molecule has 2 aromatic rings. The van der Waals surface area contributed by atoms with E-state index in [1.54, 1.807) is 12.1 Å². The lowest BCUT2D eigenvalue weighted by Gasteiger charge is -2.19. The molecule has 20 heavy (non-hydrogen) atoms. The van der Waals surface area contributed by atoms with Gasteiger partial charge in [0.15, 0.2) is 0 Å². The van der Waals surface area contributed by atoms with Crippen molar-refractivity contribution in [2.75, 3.05) is 17.2 Å². The van der Waals surface area contributed by atoms with Crippen LogP contribution in [-0.2, 0) is 13.0 Å². The van der Waals surface area contributed by atoms with Crippen molar-refractivity contribution in [3.05, 3.63) is 63.7 Å². The van der Waals surface area contributed by atoms with Crippen LogP contribution in [0.15, 0.2) is 42.5 Å². The highest BCUT2D eigenvalue weighted by atomic mass is 16.6. The number of nitro groups is 1. The summed E-state index contributed by atoms with van der Waals surface area (Å²) in [5.74, 6) is 0. The Labute approximate surface area is 116 Å². The van der Waals surface area contributed by atoms with Crippen molar-refractivity contribution in [1.82, 2.24) is 0 Å². The first-order chi connectivity index (χ1) is 9.65. The highest BCUT2D eigenvalue weighted by molar-refractivity contribution is 5.61. The van der Waals surface area contributed by atoms with Crippen molar-refractivity contribution < 1.29 is 4.92 Å². The number of nitrogens with zero attached hydrogens (tertiary/aromatic N) is 2. The number of para-hydroxylation sites is 1. The third kappa shape index (κ3) is 2.18. The van der Waals surface area contributed by atoms with Gasteiger partial charge in [-0.15, -0.1) is 0 Å². The van der Waals surface area contributed by atoms with E-state index in [-0.39, 0.29) is 11.4 Å². The number of benzene rings is 2. The van der Waals surface area contributed by atoms with E-state index in [0.717, 1.165) is 25.1 Å². The van der Waals surface area contributed by atoms with E-state index in [0.29, 0.717) is 0 Å². The first-order valence-corrected chi connectivity index (χ1v) is 6.51. The third-order valence-corrected chi connectivity index (χ3v) is 3.65. The Morgan fingerprint density at radius 1 is 1.25 bits per heavy atom. The fraction of sp³-hybridized carbons (Fsp3) is 0.200. The zero-order valence-electron chi connectivity index (χ0n) is 11.0. The lowest BCUT2D eigenvalue weighted by atomic mass is 10.1. The number of anilines is 2. The Morgan fingerprint density at radius 3 is 2.80 bits per heavy atom. The van der Waals surface area contributed by atoms with Gasteiger partial charge in [-0.1, -0.05) is 24.3 Å². The molecule has 0 aromatic heterocycles. The maximum Gasteiger partial charge on any atom is 0.292 e. The predicted molar refractivity (Wildman–Crippen MR) is 78.7 cm³/mol. The standard InChI is InChI=1S/C15H15N3O2/c16-13-9-11(5-6-15(13)18(19)20)10-17-8-7-12-3-1-2-4-14(12)17/h1-6,9H,7-8,10,16H2. The van der Waals surface area contributed by atoms with Gasteiger partial charge in [-0.3, -0.25) is 10.1 Å². The molecule has 102 valence electrons. The normalized spacial score (nSPS) is 13.3. The number of hydrogen-bond acceptors (Lipinski definition) is 4.